The minimum atomic E-state index is 0.174. The Morgan fingerprint density at radius 1 is 1.40 bits per heavy atom. The lowest BCUT2D eigenvalue weighted by molar-refractivity contribution is -0.122. The first-order valence-electron chi connectivity index (χ1n) is 6.82. The summed E-state index contributed by atoms with van der Waals surface area (Å²) in [6, 6.07) is 0. The summed E-state index contributed by atoms with van der Waals surface area (Å²) < 4.78 is 0. The van der Waals surface area contributed by atoms with Gasteiger partial charge in [-0.25, -0.2) is 4.98 Å². The van der Waals surface area contributed by atoms with Crippen molar-refractivity contribution in [2.45, 2.75) is 26.3 Å². The van der Waals surface area contributed by atoms with Gasteiger partial charge in [-0.3, -0.25) is 9.79 Å². The number of nitrogens with zero attached hydrogens (tertiary/aromatic N) is 2. The zero-order valence-corrected chi connectivity index (χ0v) is 12.7. The van der Waals surface area contributed by atoms with Crippen LogP contribution in [0.2, 0.25) is 0 Å². The number of hydrogen-bond donors (Lipinski definition) is 3. The first-order valence-corrected chi connectivity index (χ1v) is 7.64. The Bertz CT molecular complexity index is 481. The van der Waals surface area contributed by atoms with Gasteiger partial charge >= 0.3 is 0 Å². The Labute approximate surface area is 123 Å². The highest BCUT2D eigenvalue weighted by Crippen LogP contribution is 2.28. The molecule has 1 aliphatic carbocycles. The molecule has 2 rings (SSSR count). The highest BCUT2D eigenvalue weighted by atomic mass is 32.1. The molecule has 1 saturated carbocycles. The quantitative estimate of drug-likeness (QED) is 0.409. The van der Waals surface area contributed by atoms with Crippen LogP contribution in [0.15, 0.2) is 11.2 Å². The molecule has 0 aliphatic heterocycles. The van der Waals surface area contributed by atoms with Crippen molar-refractivity contribution in [2.75, 3.05) is 20.1 Å². The van der Waals surface area contributed by atoms with Crippen LogP contribution in [-0.4, -0.2) is 37.0 Å². The van der Waals surface area contributed by atoms with Gasteiger partial charge < -0.3 is 16.0 Å². The summed E-state index contributed by atoms with van der Waals surface area (Å²) in [6.07, 6.45) is 3.94. The summed E-state index contributed by atoms with van der Waals surface area (Å²) >= 11 is 1.67. The summed E-state index contributed by atoms with van der Waals surface area (Å²) in [7, 11) is 1.73. The molecule has 0 spiro atoms. The van der Waals surface area contributed by atoms with Gasteiger partial charge in [0.05, 0.1) is 6.54 Å². The van der Waals surface area contributed by atoms with Gasteiger partial charge in [0.1, 0.15) is 5.01 Å². The largest absolute Gasteiger partial charge is 0.355 e. The minimum Gasteiger partial charge on any atom is -0.355 e. The number of guanidine groups is 1. The second-order valence-electron chi connectivity index (χ2n) is 4.78. The SMILES string of the molecule is CN=C(NCCNC(=O)C1CC1)NCc1ncc(C)s1. The molecule has 1 aromatic heterocycles. The van der Waals surface area contributed by atoms with Gasteiger partial charge in [0.15, 0.2) is 5.96 Å². The maximum absolute atomic E-state index is 11.4. The van der Waals surface area contributed by atoms with Crippen molar-refractivity contribution >= 4 is 23.2 Å². The molecule has 110 valence electrons. The van der Waals surface area contributed by atoms with E-state index in [1.165, 1.54) is 4.88 Å². The molecule has 1 heterocycles. The Hall–Kier alpha value is -1.63. The molecule has 0 atom stereocenters. The first-order chi connectivity index (χ1) is 9.69. The van der Waals surface area contributed by atoms with Gasteiger partial charge in [0, 0.05) is 37.1 Å². The first kappa shape index (κ1) is 14.8. The molecule has 1 aliphatic rings. The van der Waals surface area contributed by atoms with Crippen LogP contribution in [0.4, 0.5) is 0 Å². The summed E-state index contributed by atoms with van der Waals surface area (Å²) in [6.45, 7) is 3.98. The third kappa shape index (κ3) is 4.80. The smallest absolute Gasteiger partial charge is 0.223 e. The van der Waals surface area contributed by atoms with Gasteiger partial charge in [0.2, 0.25) is 5.91 Å². The third-order valence-corrected chi connectivity index (χ3v) is 3.88. The molecular formula is C13H21N5OS. The van der Waals surface area contributed by atoms with E-state index in [0.717, 1.165) is 23.8 Å². The number of aryl methyl sites for hydroxylation is 1. The van der Waals surface area contributed by atoms with Crippen LogP contribution in [0, 0.1) is 12.8 Å². The lowest BCUT2D eigenvalue weighted by Gasteiger charge is -2.11. The van der Waals surface area contributed by atoms with Crippen molar-refractivity contribution in [3.63, 3.8) is 0 Å². The fourth-order valence-corrected chi connectivity index (χ4v) is 2.45. The zero-order valence-electron chi connectivity index (χ0n) is 11.9. The van der Waals surface area contributed by atoms with Crippen molar-refractivity contribution in [1.82, 2.24) is 20.9 Å². The van der Waals surface area contributed by atoms with Crippen LogP contribution < -0.4 is 16.0 Å². The highest BCUT2D eigenvalue weighted by Gasteiger charge is 2.28. The van der Waals surface area contributed by atoms with E-state index in [1.807, 2.05) is 13.1 Å². The molecule has 1 aromatic rings. The zero-order chi connectivity index (χ0) is 14.4. The number of amides is 1. The lowest BCUT2D eigenvalue weighted by Crippen LogP contribution is -2.41. The predicted molar refractivity (Wildman–Crippen MR) is 80.8 cm³/mol. The molecule has 0 unspecified atom stereocenters. The van der Waals surface area contributed by atoms with Gasteiger partial charge in [0.25, 0.3) is 0 Å². The van der Waals surface area contributed by atoms with E-state index in [4.69, 9.17) is 0 Å². The number of aliphatic imine (C=N–C) groups is 1. The summed E-state index contributed by atoms with van der Waals surface area (Å²) in [5, 5.41) is 10.3. The van der Waals surface area contributed by atoms with Crippen LogP contribution in [0.25, 0.3) is 0 Å². The number of thiazole rings is 1. The monoisotopic (exact) mass is 295 g/mol. The van der Waals surface area contributed by atoms with E-state index in [1.54, 1.807) is 18.4 Å². The molecule has 1 fully saturated rings. The normalized spacial score (nSPS) is 15.0. The van der Waals surface area contributed by atoms with Crippen LogP contribution in [0.5, 0.6) is 0 Å². The maximum atomic E-state index is 11.4. The van der Waals surface area contributed by atoms with E-state index in [9.17, 15) is 4.79 Å². The summed E-state index contributed by atoms with van der Waals surface area (Å²) in [5.74, 6) is 1.16. The number of aromatic nitrogens is 1. The van der Waals surface area contributed by atoms with Crippen molar-refractivity contribution < 1.29 is 4.79 Å². The van der Waals surface area contributed by atoms with Crippen molar-refractivity contribution in [1.29, 1.82) is 0 Å². The molecule has 6 nitrogen and oxygen atoms in total. The van der Waals surface area contributed by atoms with E-state index in [-0.39, 0.29) is 11.8 Å². The molecule has 0 saturated heterocycles. The second-order valence-corrected chi connectivity index (χ2v) is 6.10. The van der Waals surface area contributed by atoms with Crippen LogP contribution >= 0.6 is 11.3 Å². The van der Waals surface area contributed by atoms with Crippen LogP contribution in [0.3, 0.4) is 0 Å². The summed E-state index contributed by atoms with van der Waals surface area (Å²) in [5.41, 5.74) is 0. The Balaban J connectivity index is 1.61. The Morgan fingerprint density at radius 3 is 2.75 bits per heavy atom. The van der Waals surface area contributed by atoms with E-state index in [0.29, 0.717) is 19.6 Å². The molecule has 3 N–H and O–H groups in total. The average molecular weight is 295 g/mol. The lowest BCUT2D eigenvalue weighted by atomic mass is 10.4. The van der Waals surface area contributed by atoms with Gasteiger partial charge in [-0.05, 0) is 19.8 Å². The average Bonchev–Trinajstić information content (AvgIpc) is 3.21. The fraction of sp³-hybridized carbons (Fsp3) is 0.615. The molecule has 7 heteroatoms. The van der Waals surface area contributed by atoms with Gasteiger partial charge in [-0.2, -0.15) is 0 Å². The topological polar surface area (TPSA) is 78.4 Å². The summed E-state index contributed by atoms with van der Waals surface area (Å²) in [4.78, 5) is 21.1. The molecule has 0 bridgehead atoms. The molecule has 0 radical (unpaired) electrons. The number of carbonyl (C=O) groups excluding carboxylic acids is 1. The number of carbonyl (C=O) groups is 1. The number of nitrogens with one attached hydrogen (secondary N) is 3. The second kappa shape index (κ2) is 7.23. The van der Waals surface area contributed by atoms with E-state index >= 15 is 0 Å². The predicted octanol–water partition coefficient (Wildman–Crippen LogP) is 0.643. The van der Waals surface area contributed by atoms with Gasteiger partial charge in [-0.15, -0.1) is 11.3 Å². The van der Waals surface area contributed by atoms with Crippen LogP contribution in [-0.2, 0) is 11.3 Å². The number of hydrogen-bond acceptors (Lipinski definition) is 4. The molecular weight excluding hydrogens is 274 g/mol. The Morgan fingerprint density at radius 2 is 2.15 bits per heavy atom. The third-order valence-electron chi connectivity index (χ3n) is 2.96. The number of rotatable bonds is 6. The van der Waals surface area contributed by atoms with Gasteiger partial charge in [-0.1, -0.05) is 0 Å². The molecule has 0 aromatic carbocycles. The molecule has 20 heavy (non-hydrogen) atoms. The fourth-order valence-electron chi connectivity index (χ4n) is 1.72. The highest BCUT2D eigenvalue weighted by molar-refractivity contribution is 7.11. The van der Waals surface area contributed by atoms with E-state index in [2.05, 4.69) is 25.9 Å². The van der Waals surface area contributed by atoms with Crippen molar-refractivity contribution in [3.05, 3.63) is 16.1 Å². The standard InChI is InChI=1S/C13H21N5OS/c1-9-7-17-11(20-9)8-18-13(14-2)16-6-5-15-12(19)10-3-4-10/h7,10H,3-6,8H2,1-2H3,(H,15,19)(H2,14,16,18). The van der Waals surface area contributed by atoms with Crippen LogP contribution in [0.1, 0.15) is 22.7 Å². The maximum Gasteiger partial charge on any atom is 0.223 e. The minimum absolute atomic E-state index is 0.174. The Kier molecular flexibility index (Phi) is 5.34. The van der Waals surface area contributed by atoms with Crippen molar-refractivity contribution in [2.24, 2.45) is 10.9 Å². The van der Waals surface area contributed by atoms with Crippen molar-refractivity contribution in [3.8, 4) is 0 Å². The molecule has 1 amide bonds. The van der Waals surface area contributed by atoms with E-state index < -0.39 is 0 Å².